The summed E-state index contributed by atoms with van der Waals surface area (Å²) in [7, 11) is -5.36. The number of hydrogen-bond acceptors (Lipinski definition) is 4. The summed E-state index contributed by atoms with van der Waals surface area (Å²) in [5.74, 6) is 0. The van der Waals surface area contributed by atoms with Crippen LogP contribution in [0.4, 0.5) is 0 Å². The van der Waals surface area contributed by atoms with Gasteiger partial charge in [0.1, 0.15) is 0 Å². The van der Waals surface area contributed by atoms with Gasteiger partial charge < -0.3 is 23.9 Å². The first-order valence-corrected chi connectivity index (χ1v) is 2.51. The van der Waals surface area contributed by atoms with Crippen LogP contribution >= 0.6 is 0 Å². The Morgan fingerprint density at radius 1 is 1.12 bits per heavy atom. The van der Waals surface area contributed by atoms with Crippen molar-refractivity contribution in [1.82, 2.24) is 0 Å². The summed E-state index contributed by atoms with van der Waals surface area (Å²) in [4.78, 5) is 33.1. The van der Waals surface area contributed by atoms with Crippen molar-refractivity contribution >= 4 is 9.05 Å². The minimum Gasteiger partial charge on any atom is -1.00 e. The van der Waals surface area contributed by atoms with E-state index in [0.29, 0.717) is 0 Å². The van der Waals surface area contributed by atoms with Gasteiger partial charge in [0.2, 0.25) is 0 Å². The fourth-order valence-corrected chi connectivity index (χ4v) is 0. The van der Waals surface area contributed by atoms with Crippen LogP contribution < -0.4 is 48.6 Å². The molecule has 0 aromatic heterocycles. The summed E-state index contributed by atoms with van der Waals surface area (Å²) < 4.78 is 0. The molecule has 8 heteroatoms. The van der Waals surface area contributed by atoms with Crippen molar-refractivity contribution < 1.29 is 89.0 Å². The molecule has 0 unspecified atom stereocenters. The topological polar surface area (TPSA) is 89.4 Å². The van der Waals surface area contributed by atoms with Crippen molar-refractivity contribution in [3.8, 4) is 0 Å². The summed E-state index contributed by atoms with van der Waals surface area (Å²) in [6.45, 7) is 0. The van der Waals surface area contributed by atoms with E-state index < -0.39 is 9.05 Å². The van der Waals surface area contributed by atoms with Crippen molar-refractivity contribution in [2.24, 2.45) is 0 Å². The number of hydrogen-bond donors (Lipinski definition) is 1. The van der Waals surface area contributed by atoms with Crippen LogP contribution in [0.5, 0.6) is 0 Å². The van der Waals surface area contributed by atoms with Gasteiger partial charge in [-0.3, -0.25) is 0 Å². The molecule has 0 saturated heterocycles. The summed E-state index contributed by atoms with van der Waals surface area (Å²) in [5.41, 5.74) is 0. The zero-order valence-corrected chi connectivity index (χ0v) is 10.8. The molecule has 8 heavy (non-hydrogen) atoms. The smallest absolute Gasteiger partial charge is 1.00 e. The molecule has 0 heterocycles. The maximum Gasteiger partial charge on any atom is 3.00 e. The summed E-state index contributed by atoms with van der Waals surface area (Å²) >= 11 is 0. The molecule has 0 aliphatic heterocycles. The summed E-state index contributed by atoms with van der Waals surface area (Å²) in [5, 5.41) is 0. The van der Waals surface area contributed by atoms with Gasteiger partial charge in [0, 0.05) is 0 Å². The average Bonchev–Trinajstić information content (AvgIpc) is 0.722. The Balaban J connectivity index is -0.0000000267. The van der Waals surface area contributed by atoms with E-state index in [1.807, 2.05) is 0 Å². The van der Waals surface area contributed by atoms with Crippen LogP contribution in [-0.4, -0.2) is 13.8 Å². The molecule has 0 aliphatic rings. The molecule has 0 amide bonds. The van der Waals surface area contributed by atoms with Crippen molar-refractivity contribution in [2.75, 3.05) is 0 Å². The normalized spacial score (nSPS) is 7.50. The molecule has 0 bridgehead atoms. The number of rotatable bonds is 0. The van der Waals surface area contributed by atoms with Gasteiger partial charge in [0.05, 0.1) is 0 Å². The molecule has 0 radical (unpaired) electrons. The van der Waals surface area contributed by atoms with Gasteiger partial charge in [0.15, 0.2) is 0 Å². The zero-order chi connectivity index (χ0) is 4.50. The van der Waals surface area contributed by atoms with E-state index in [9.17, 15) is 0 Å². The molecule has 0 aromatic rings. The van der Waals surface area contributed by atoms with Crippen LogP contribution in [0.25, 0.3) is 0 Å². The van der Waals surface area contributed by atoms with E-state index in [0.717, 1.165) is 0 Å². The molecule has 0 rings (SSSR count). The van der Waals surface area contributed by atoms with Gasteiger partial charge in [-0.05, 0) is 0 Å². The maximum absolute atomic E-state index is 8.69. The van der Waals surface area contributed by atoms with Crippen molar-refractivity contribution in [3.63, 3.8) is 0 Å². The largest absolute Gasteiger partial charge is 3.00 e. The van der Waals surface area contributed by atoms with Crippen LogP contribution in [0.3, 0.4) is 0 Å². The Morgan fingerprint density at radius 2 is 1.12 bits per heavy atom. The van der Waals surface area contributed by atoms with Crippen molar-refractivity contribution in [3.05, 3.63) is 0 Å². The van der Waals surface area contributed by atoms with E-state index in [1.165, 1.54) is 0 Å². The molecule has 4 nitrogen and oxygen atoms in total. The predicted molar refractivity (Wildman–Crippen MR) is 7.97 cm³/mol. The molecular formula is HFLaNaO4Si. The Labute approximate surface area is 96.7 Å². The molecule has 0 fully saturated rings. The second-order valence-electron chi connectivity index (χ2n) is 0.524. The van der Waals surface area contributed by atoms with Gasteiger partial charge >= 0.3 is 65.2 Å². The van der Waals surface area contributed by atoms with Crippen molar-refractivity contribution in [1.29, 1.82) is 0 Å². The first-order chi connectivity index (χ1) is 2.00. The molecule has 0 spiro atoms. The van der Waals surface area contributed by atoms with Crippen LogP contribution in [0.2, 0.25) is 0 Å². The first-order valence-electron chi connectivity index (χ1n) is 0.836. The summed E-state index contributed by atoms with van der Waals surface area (Å²) in [6, 6.07) is 0. The summed E-state index contributed by atoms with van der Waals surface area (Å²) in [6.07, 6.45) is 0. The molecule has 40 valence electrons. The minimum atomic E-state index is -5.36. The Hall–Kier alpha value is 2.18. The van der Waals surface area contributed by atoms with E-state index in [-0.39, 0.29) is 69.9 Å². The molecular weight excluding hydrogens is 273 g/mol. The van der Waals surface area contributed by atoms with Crippen LogP contribution in [0, 0.1) is 35.6 Å². The fourth-order valence-electron chi connectivity index (χ4n) is 0. The zero-order valence-electron chi connectivity index (χ0n) is 4.13. The first kappa shape index (κ1) is 22.5. The van der Waals surface area contributed by atoms with Crippen LogP contribution in [0.1, 0.15) is 0 Å². The maximum atomic E-state index is 8.69. The molecule has 0 aromatic carbocycles. The minimum absolute atomic E-state index is 0. The van der Waals surface area contributed by atoms with Gasteiger partial charge in [-0.25, -0.2) is 0 Å². The van der Waals surface area contributed by atoms with Gasteiger partial charge in [0.25, 0.3) is 0 Å². The molecule has 1 N–H and O–H groups in total. The van der Waals surface area contributed by atoms with Crippen LogP contribution in [0.15, 0.2) is 0 Å². The third-order valence-electron chi connectivity index (χ3n) is 0. The molecule has 0 saturated carbocycles. The SMILES string of the molecule is [F-].[La+3].[Na+].[O-][Si]([O-])([O-])O. The van der Waals surface area contributed by atoms with Gasteiger partial charge in [-0.1, -0.05) is 0 Å². The van der Waals surface area contributed by atoms with Crippen molar-refractivity contribution in [2.45, 2.75) is 0 Å². The third-order valence-corrected chi connectivity index (χ3v) is 0. The monoisotopic (exact) mass is 274 g/mol. The average molecular weight is 274 g/mol. The molecule has 0 atom stereocenters. The van der Waals surface area contributed by atoms with Gasteiger partial charge in [-0.2, -0.15) is 0 Å². The predicted octanol–water partition coefficient (Wildman–Crippen LogP) is -10.5. The van der Waals surface area contributed by atoms with E-state index in [2.05, 4.69) is 0 Å². The Morgan fingerprint density at radius 3 is 1.12 bits per heavy atom. The Bertz CT molecular complexity index is 31.5. The van der Waals surface area contributed by atoms with E-state index in [4.69, 9.17) is 19.2 Å². The standard InChI is InChI=1S/FH.La.Na.HO4Si/c;;;1-5(2,3)4/h1H;;;1H/q;+3;+1;-3/p-1. The van der Waals surface area contributed by atoms with E-state index >= 15 is 0 Å². The second-order valence-corrected chi connectivity index (χ2v) is 1.57. The van der Waals surface area contributed by atoms with Gasteiger partial charge in [-0.15, -0.1) is 9.05 Å². The Kier molecular flexibility index (Phi) is 25.8. The molecule has 0 aliphatic carbocycles. The fraction of sp³-hybridized carbons (Fsp3) is 0. The second kappa shape index (κ2) is 9.18. The van der Waals surface area contributed by atoms with E-state index in [1.54, 1.807) is 0 Å². The van der Waals surface area contributed by atoms with Crippen LogP contribution in [-0.2, 0) is 0 Å². The number of halogens is 1. The third kappa shape index (κ3) is 88.7. The quantitative estimate of drug-likeness (QED) is 0.444.